The van der Waals surface area contributed by atoms with Crippen molar-refractivity contribution in [2.45, 2.75) is 20.8 Å². The third-order valence-electron chi connectivity index (χ3n) is 1.59. The second-order valence-electron chi connectivity index (χ2n) is 2.60. The van der Waals surface area contributed by atoms with Gasteiger partial charge in [-0.15, -0.1) is 0 Å². The minimum Gasteiger partial charge on any atom is -0.264 e. The van der Waals surface area contributed by atoms with Crippen LogP contribution >= 0.6 is 15.9 Å². The summed E-state index contributed by atoms with van der Waals surface area (Å²) in [5, 5.41) is 0. The number of aliphatic imine (C=N–C) groups is 1. The second-order valence-corrected chi connectivity index (χ2v) is 3.52. The molecular weight excluding hydrogens is 238 g/mol. The fourth-order valence-corrected chi connectivity index (χ4v) is 1.35. The van der Waals surface area contributed by atoms with E-state index in [4.69, 9.17) is 0 Å². The van der Waals surface area contributed by atoms with Crippen molar-refractivity contribution in [1.82, 2.24) is 0 Å². The van der Waals surface area contributed by atoms with Crippen molar-refractivity contribution in [3.63, 3.8) is 0 Å². The first-order valence-corrected chi connectivity index (χ1v) is 5.36. The molecule has 0 aromatic heterocycles. The monoisotopic (exact) mass is 253 g/mol. The fourth-order valence-electron chi connectivity index (χ4n) is 0.988. The van der Waals surface area contributed by atoms with E-state index >= 15 is 0 Å². The van der Waals surface area contributed by atoms with Gasteiger partial charge in [-0.25, -0.2) is 0 Å². The Labute approximate surface area is 94.7 Å². The highest BCUT2D eigenvalue weighted by atomic mass is 79.9. The lowest BCUT2D eigenvalue weighted by molar-refractivity contribution is 1.47. The second kappa shape index (κ2) is 6.55. The zero-order valence-corrected chi connectivity index (χ0v) is 10.6. The molecule has 0 N–H and O–H groups in total. The van der Waals surface area contributed by atoms with E-state index in [0.717, 1.165) is 21.3 Å². The molecule has 1 aromatic carbocycles. The van der Waals surface area contributed by atoms with Gasteiger partial charge in [0.15, 0.2) is 0 Å². The predicted octanol–water partition coefficient (Wildman–Crippen LogP) is 4.84. The molecule has 0 aliphatic heterocycles. The number of rotatable bonds is 2. The van der Waals surface area contributed by atoms with Crippen molar-refractivity contribution in [2.75, 3.05) is 0 Å². The van der Waals surface area contributed by atoms with Gasteiger partial charge in [0.05, 0.1) is 5.69 Å². The molecule has 1 rings (SSSR count). The number of nitrogens with zero attached hydrogens (tertiary/aromatic N) is 1. The third-order valence-corrected chi connectivity index (χ3v) is 2.08. The molecule has 76 valence electrons. The first kappa shape index (κ1) is 13.1. The standard InChI is InChI=1S/C10H10BrN.C2H6/c1-7(2)9-6-8(11)4-5-10(9)12-3;1-2/h4-6H,1,3H2,2H3;1-2H3. The Hall–Kier alpha value is -0.890. The predicted molar refractivity (Wildman–Crippen MR) is 69.4 cm³/mol. The van der Waals surface area contributed by atoms with E-state index in [1.54, 1.807) is 0 Å². The Balaban J connectivity index is 0.000000791. The number of allylic oxidation sites excluding steroid dienone is 1. The van der Waals surface area contributed by atoms with Crippen LogP contribution in [0.15, 0.2) is 34.2 Å². The van der Waals surface area contributed by atoms with Crippen molar-refractivity contribution in [1.29, 1.82) is 0 Å². The highest BCUT2D eigenvalue weighted by Crippen LogP contribution is 2.27. The van der Waals surface area contributed by atoms with Crippen LogP contribution in [0.2, 0.25) is 0 Å². The van der Waals surface area contributed by atoms with E-state index in [-0.39, 0.29) is 0 Å². The van der Waals surface area contributed by atoms with Crippen LogP contribution in [0, 0.1) is 0 Å². The van der Waals surface area contributed by atoms with Crippen molar-refractivity contribution in [3.05, 3.63) is 34.8 Å². The number of hydrogen-bond acceptors (Lipinski definition) is 1. The van der Waals surface area contributed by atoms with Crippen LogP contribution in [0.3, 0.4) is 0 Å². The Morgan fingerprint density at radius 3 is 2.36 bits per heavy atom. The van der Waals surface area contributed by atoms with E-state index in [1.807, 2.05) is 39.0 Å². The van der Waals surface area contributed by atoms with E-state index in [0.29, 0.717) is 0 Å². The Bertz CT molecular complexity index is 329. The topological polar surface area (TPSA) is 12.4 Å². The molecule has 0 saturated carbocycles. The summed E-state index contributed by atoms with van der Waals surface area (Å²) in [6.07, 6.45) is 0. The van der Waals surface area contributed by atoms with E-state index in [2.05, 4.69) is 34.2 Å². The molecule has 0 heterocycles. The minimum absolute atomic E-state index is 0.880. The minimum atomic E-state index is 0.880. The fraction of sp³-hybridized carbons (Fsp3) is 0.250. The SMILES string of the molecule is C=Nc1ccc(Br)cc1C(=C)C.CC. The van der Waals surface area contributed by atoms with Gasteiger partial charge in [-0.05, 0) is 37.4 Å². The van der Waals surface area contributed by atoms with Crippen LogP contribution in [-0.4, -0.2) is 6.72 Å². The smallest absolute Gasteiger partial charge is 0.0697 e. The largest absolute Gasteiger partial charge is 0.264 e. The van der Waals surface area contributed by atoms with Crippen LogP contribution in [0.5, 0.6) is 0 Å². The van der Waals surface area contributed by atoms with Gasteiger partial charge in [0.25, 0.3) is 0 Å². The lowest BCUT2D eigenvalue weighted by Crippen LogP contribution is -1.79. The van der Waals surface area contributed by atoms with Crippen LogP contribution in [0.4, 0.5) is 5.69 Å². The molecule has 14 heavy (non-hydrogen) atoms. The highest BCUT2D eigenvalue weighted by molar-refractivity contribution is 9.10. The van der Waals surface area contributed by atoms with Crippen LogP contribution < -0.4 is 0 Å². The zero-order valence-electron chi connectivity index (χ0n) is 8.97. The maximum absolute atomic E-state index is 3.90. The van der Waals surface area contributed by atoms with Crippen molar-refractivity contribution >= 4 is 33.9 Å². The van der Waals surface area contributed by atoms with Crippen molar-refractivity contribution < 1.29 is 0 Å². The van der Waals surface area contributed by atoms with E-state index in [9.17, 15) is 0 Å². The van der Waals surface area contributed by atoms with Gasteiger partial charge in [-0.3, -0.25) is 4.99 Å². The van der Waals surface area contributed by atoms with Crippen LogP contribution in [0.25, 0.3) is 5.57 Å². The summed E-state index contributed by atoms with van der Waals surface area (Å²) in [4.78, 5) is 3.90. The molecule has 1 aromatic rings. The average Bonchev–Trinajstić information content (AvgIpc) is 2.20. The summed E-state index contributed by atoms with van der Waals surface area (Å²) in [5.41, 5.74) is 2.92. The van der Waals surface area contributed by atoms with Crippen LogP contribution in [-0.2, 0) is 0 Å². The summed E-state index contributed by atoms with van der Waals surface area (Å²) >= 11 is 3.39. The summed E-state index contributed by atoms with van der Waals surface area (Å²) in [7, 11) is 0. The number of benzene rings is 1. The molecule has 0 saturated heterocycles. The first-order chi connectivity index (χ1) is 6.65. The molecule has 0 unspecified atom stereocenters. The summed E-state index contributed by atoms with van der Waals surface area (Å²) < 4.78 is 1.04. The number of halogens is 1. The Kier molecular flexibility index (Phi) is 6.13. The van der Waals surface area contributed by atoms with Gasteiger partial charge in [0, 0.05) is 10.0 Å². The lowest BCUT2D eigenvalue weighted by Gasteiger charge is -2.04. The zero-order chi connectivity index (χ0) is 11.1. The molecule has 0 aliphatic rings. The van der Waals surface area contributed by atoms with Gasteiger partial charge in [0.2, 0.25) is 0 Å². The van der Waals surface area contributed by atoms with E-state index in [1.165, 1.54) is 0 Å². The molecule has 0 aliphatic carbocycles. The molecule has 0 atom stereocenters. The molecule has 0 bridgehead atoms. The van der Waals surface area contributed by atoms with Crippen molar-refractivity contribution in [2.24, 2.45) is 4.99 Å². The van der Waals surface area contributed by atoms with Gasteiger partial charge in [-0.1, -0.05) is 36.4 Å². The molecule has 0 spiro atoms. The van der Waals surface area contributed by atoms with Crippen LogP contribution in [0.1, 0.15) is 26.3 Å². The van der Waals surface area contributed by atoms with Gasteiger partial charge in [0.1, 0.15) is 0 Å². The first-order valence-electron chi connectivity index (χ1n) is 4.57. The Morgan fingerprint density at radius 2 is 1.93 bits per heavy atom. The maximum Gasteiger partial charge on any atom is 0.0697 e. The van der Waals surface area contributed by atoms with E-state index < -0.39 is 0 Å². The summed E-state index contributed by atoms with van der Waals surface area (Å²) in [5.74, 6) is 0. The highest BCUT2D eigenvalue weighted by Gasteiger charge is 2.00. The average molecular weight is 254 g/mol. The third kappa shape index (κ3) is 3.46. The van der Waals surface area contributed by atoms with Gasteiger partial charge >= 0.3 is 0 Å². The summed E-state index contributed by atoms with van der Waals surface area (Å²) in [6.45, 7) is 13.3. The van der Waals surface area contributed by atoms with Gasteiger partial charge in [-0.2, -0.15) is 0 Å². The number of hydrogen-bond donors (Lipinski definition) is 0. The molecule has 2 heteroatoms. The quantitative estimate of drug-likeness (QED) is 0.669. The van der Waals surface area contributed by atoms with Crippen molar-refractivity contribution in [3.8, 4) is 0 Å². The lowest BCUT2D eigenvalue weighted by atomic mass is 10.1. The molecule has 1 nitrogen and oxygen atoms in total. The Morgan fingerprint density at radius 1 is 1.36 bits per heavy atom. The maximum atomic E-state index is 3.90. The normalized spacial score (nSPS) is 8.57. The summed E-state index contributed by atoms with van der Waals surface area (Å²) in [6, 6.07) is 5.85. The molecular formula is C12H16BrN. The van der Waals surface area contributed by atoms with Gasteiger partial charge < -0.3 is 0 Å². The molecule has 0 fully saturated rings. The molecule has 0 amide bonds. The molecule has 0 radical (unpaired) electrons.